The lowest BCUT2D eigenvalue weighted by Gasteiger charge is -2.32. The Hall–Kier alpha value is -0.840. The molecule has 1 atom stereocenters. The van der Waals surface area contributed by atoms with Crippen molar-refractivity contribution >= 4 is 28.6 Å². The minimum absolute atomic E-state index is 0.0773. The molecule has 0 aliphatic heterocycles. The van der Waals surface area contributed by atoms with Gasteiger partial charge in [-0.25, -0.2) is 0 Å². The first-order valence-corrected chi connectivity index (χ1v) is 7.23. The van der Waals surface area contributed by atoms with Gasteiger partial charge in [-0.05, 0) is 59.9 Å². The number of methoxy groups -OCH3 is 1. The van der Waals surface area contributed by atoms with Crippen molar-refractivity contribution in [2.75, 3.05) is 7.11 Å². The Balaban J connectivity index is 2.29. The molecule has 1 aromatic rings. The van der Waals surface area contributed by atoms with Crippen molar-refractivity contribution in [3.8, 4) is 0 Å². The molecule has 0 amide bonds. The van der Waals surface area contributed by atoms with Gasteiger partial charge in [0, 0.05) is 3.57 Å². The van der Waals surface area contributed by atoms with Crippen LogP contribution in [-0.4, -0.2) is 13.1 Å². The van der Waals surface area contributed by atoms with Crippen LogP contribution in [0.5, 0.6) is 0 Å². The second kappa shape index (κ2) is 5.87. The fourth-order valence-electron chi connectivity index (χ4n) is 2.53. The Morgan fingerprint density at radius 1 is 1.39 bits per heavy atom. The number of ether oxygens (including phenoxy) is 1. The minimum Gasteiger partial charge on any atom is -0.469 e. The van der Waals surface area contributed by atoms with E-state index in [1.165, 1.54) is 16.2 Å². The molecule has 1 unspecified atom stereocenters. The molecule has 1 aliphatic carbocycles. The van der Waals surface area contributed by atoms with E-state index in [-0.39, 0.29) is 11.4 Å². The summed E-state index contributed by atoms with van der Waals surface area (Å²) in [7, 11) is 1.48. The molecule has 0 saturated heterocycles. The Morgan fingerprint density at radius 2 is 2.17 bits per heavy atom. The van der Waals surface area contributed by atoms with E-state index in [0.717, 1.165) is 25.7 Å². The van der Waals surface area contributed by atoms with Gasteiger partial charge in [-0.2, -0.15) is 0 Å². The van der Waals surface area contributed by atoms with Gasteiger partial charge >= 0.3 is 5.97 Å². The standard InChI is InChI=1S/C15H17IO2/c1-18-14(17)15(9-5-2-6-10-15)11-12-7-3-4-8-13(12)16/h2-5,7-8H,6,9-11H2,1H3. The summed E-state index contributed by atoms with van der Waals surface area (Å²) >= 11 is 2.33. The quantitative estimate of drug-likeness (QED) is 0.469. The summed E-state index contributed by atoms with van der Waals surface area (Å²) in [6, 6.07) is 8.24. The van der Waals surface area contributed by atoms with E-state index in [4.69, 9.17) is 4.74 Å². The molecule has 0 fully saturated rings. The van der Waals surface area contributed by atoms with E-state index in [0.29, 0.717) is 0 Å². The summed E-state index contributed by atoms with van der Waals surface area (Å²) in [5.74, 6) is -0.0773. The Morgan fingerprint density at radius 3 is 2.78 bits per heavy atom. The first-order chi connectivity index (χ1) is 8.68. The highest BCUT2D eigenvalue weighted by Gasteiger charge is 2.39. The number of carbonyl (C=O) groups excluding carboxylic acids is 1. The van der Waals surface area contributed by atoms with Crippen LogP contribution in [0.4, 0.5) is 0 Å². The third-order valence-corrected chi connectivity index (χ3v) is 4.62. The van der Waals surface area contributed by atoms with E-state index in [9.17, 15) is 4.79 Å². The van der Waals surface area contributed by atoms with Crippen molar-refractivity contribution in [3.05, 3.63) is 45.6 Å². The molecule has 1 aromatic carbocycles. The molecule has 2 rings (SSSR count). The minimum atomic E-state index is -0.370. The topological polar surface area (TPSA) is 26.3 Å². The van der Waals surface area contributed by atoms with Crippen molar-refractivity contribution in [2.24, 2.45) is 5.41 Å². The number of esters is 1. The van der Waals surface area contributed by atoms with Gasteiger partial charge in [0.2, 0.25) is 0 Å². The molecule has 0 saturated carbocycles. The van der Waals surface area contributed by atoms with Gasteiger partial charge in [0.05, 0.1) is 12.5 Å². The SMILES string of the molecule is COC(=O)C1(Cc2ccccc2I)CC=CCC1. The third-order valence-electron chi connectivity index (χ3n) is 3.57. The smallest absolute Gasteiger partial charge is 0.312 e. The predicted molar refractivity (Wildman–Crippen MR) is 80.3 cm³/mol. The molecule has 0 aromatic heterocycles. The number of halogens is 1. The fraction of sp³-hybridized carbons (Fsp3) is 0.400. The van der Waals surface area contributed by atoms with Crippen LogP contribution in [0.2, 0.25) is 0 Å². The zero-order valence-electron chi connectivity index (χ0n) is 10.5. The lowest BCUT2D eigenvalue weighted by molar-refractivity contribution is -0.153. The van der Waals surface area contributed by atoms with Crippen LogP contribution in [0.25, 0.3) is 0 Å². The number of benzene rings is 1. The summed E-state index contributed by atoms with van der Waals surface area (Å²) in [6.07, 6.45) is 7.64. The first kappa shape index (κ1) is 13.6. The van der Waals surface area contributed by atoms with Crippen LogP contribution in [0.1, 0.15) is 24.8 Å². The maximum absolute atomic E-state index is 12.1. The molecule has 3 heteroatoms. The molecule has 0 N–H and O–H groups in total. The molecular formula is C15H17IO2. The van der Waals surface area contributed by atoms with Crippen molar-refractivity contribution in [1.82, 2.24) is 0 Å². The van der Waals surface area contributed by atoms with Crippen molar-refractivity contribution < 1.29 is 9.53 Å². The van der Waals surface area contributed by atoms with E-state index in [2.05, 4.69) is 46.9 Å². The summed E-state index contributed by atoms with van der Waals surface area (Å²) < 4.78 is 6.25. The van der Waals surface area contributed by atoms with Gasteiger partial charge < -0.3 is 4.74 Å². The lowest BCUT2D eigenvalue weighted by Crippen LogP contribution is -2.35. The predicted octanol–water partition coefficient (Wildman–Crippen LogP) is 3.73. The average Bonchev–Trinajstić information content (AvgIpc) is 2.41. The lowest BCUT2D eigenvalue weighted by atomic mass is 9.73. The summed E-state index contributed by atoms with van der Waals surface area (Å²) in [6.45, 7) is 0. The fourth-order valence-corrected chi connectivity index (χ4v) is 3.11. The monoisotopic (exact) mass is 356 g/mol. The number of hydrogen-bond acceptors (Lipinski definition) is 2. The number of carbonyl (C=O) groups is 1. The number of allylic oxidation sites excluding steroid dienone is 2. The van der Waals surface area contributed by atoms with Crippen LogP contribution < -0.4 is 0 Å². The van der Waals surface area contributed by atoms with Crippen LogP contribution in [-0.2, 0) is 16.0 Å². The van der Waals surface area contributed by atoms with Crippen LogP contribution in [0.15, 0.2) is 36.4 Å². The van der Waals surface area contributed by atoms with Gasteiger partial charge in [-0.3, -0.25) is 4.79 Å². The second-order valence-electron chi connectivity index (χ2n) is 4.75. The number of hydrogen-bond donors (Lipinski definition) is 0. The highest BCUT2D eigenvalue weighted by Crippen LogP contribution is 2.38. The third kappa shape index (κ3) is 2.76. The highest BCUT2D eigenvalue weighted by atomic mass is 127. The largest absolute Gasteiger partial charge is 0.469 e. The first-order valence-electron chi connectivity index (χ1n) is 6.15. The zero-order chi connectivity index (χ0) is 13.0. The zero-order valence-corrected chi connectivity index (χ0v) is 12.6. The van der Waals surface area contributed by atoms with Crippen LogP contribution in [0, 0.1) is 8.99 Å². The molecule has 0 bridgehead atoms. The normalized spacial score (nSPS) is 22.8. The summed E-state index contributed by atoms with van der Waals surface area (Å²) in [4.78, 5) is 12.1. The van der Waals surface area contributed by atoms with Crippen molar-refractivity contribution in [3.63, 3.8) is 0 Å². The highest BCUT2D eigenvalue weighted by molar-refractivity contribution is 14.1. The Kier molecular flexibility index (Phi) is 4.43. The van der Waals surface area contributed by atoms with E-state index in [1.807, 2.05) is 12.1 Å². The molecule has 2 nitrogen and oxygen atoms in total. The summed E-state index contributed by atoms with van der Waals surface area (Å²) in [5.41, 5.74) is 0.865. The molecule has 0 spiro atoms. The average molecular weight is 356 g/mol. The molecular weight excluding hydrogens is 339 g/mol. The van der Waals surface area contributed by atoms with Crippen LogP contribution >= 0.6 is 22.6 Å². The molecule has 1 aliphatic rings. The van der Waals surface area contributed by atoms with E-state index >= 15 is 0 Å². The van der Waals surface area contributed by atoms with Gasteiger partial charge in [0.1, 0.15) is 0 Å². The molecule has 18 heavy (non-hydrogen) atoms. The molecule has 96 valence electrons. The maximum atomic E-state index is 12.1. The maximum Gasteiger partial charge on any atom is 0.312 e. The summed E-state index contributed by atoms with van der Waals surface area (Å²) in [5, 5.41) is 0. The second-order valence-corrected chi connectivity index (χ2v) is 5.92. The van der Waals surface area contributed by atoms with Gasteiger partial charge in [-0.15, -0.1) is 0 Å². The van der Waals surface area contributed by atoms with Crippen molar-refractivity contribution in [2.45, 2.75) is 25.7 Å². The van der Waals surface area contributed by atoms with Gasteiger partial charge in [-0.1, -0.05) is 30.4 Å². The Bertz CT molecular complexity index is 467. The van der Waals surface area contributed by atoms with Crippen LogP contribution in [0.3, 0.4) is 0 Å². The molecule has 0 radical (unpaired) electrons. The van der Waals surface area contributed by atoms with Gasteiger partial charge in [0.25, 0.3) is 0 Å². The van der Waals surface area contributed by atoms with Crippen molar-refractivity contribution in [1.29, 1.82) is 0 Å². The van der Waals surface area contributed by atoms with Gasteiger partial charge in [0.15, 0.2) is 0 Å². The van der Waals surface area contributed by atoms with E-state index < -0.39 is 0 Å². The number of rotatable bonds is 3. The molecule has 0 heterocycles. The Labute approximate surface area is 122 Å². The van der Waals surface area contributed by atoms with E-state index in [1.54, 1.807) is 0 Å².